The molecule has 17 heavy (non-hydrogen) atoms. The molecule has 4 atom stereocenters. The Morgan fingerprint density at radius 3 is 2.76 bits per heavy atom. The molecule has 2 aliphatic rings. The molecule has 0 aromatic rings. The molecule has 0 amide bonds. The largest absolute Gasteiger partial charge is 0.389 e. The molecule has 0 saturated carbocycles. The molecule has 2 N–H and O–H groups in total. The van der Waals surface area contributed by atoms with E-state index in [-0.39, 0.29) is 0 Å². The summed E-state index contributed by atoms with van der Waals surface area (Å²) in [5.74, 6) is 1.37. The lowest BCUT2D eigenvalue weighted by atomic mass is 9.91. The molecule has 100 valence electrons. The Balaban J connectivity index is 1.77. The number of fused-ring (bicyclic) bond motifs is 2. The maximum atomic E-state index is 10.3. The van der Waals surface area contributed by atoms with Crippen molar-refractivity contribution in [3.8, 4) is 0 Å². The first-order chi connectivity index (χ1) is 7.96. The van der Waals surface area contributed by atoms with Gasteiger partial charge in [-0.3, -0.25) is 0 Å². The summed E-state index contributed by atoms with van der Waals surface area (Å²) in [6.45, 7) is 10.8. The minimum atomic E-state index is -0.552. The van der Waals surface area contributed by atoms with Gasteiger partial charge in [-0.1, -0.05) is 13.8 Å². The molecule has 2 fully saturated rings. The van der Waals surface area contributed by atoms with Crippen LogP contribution >= 0.6 is 0 Å². The van der Waals surface area contributed by atoms with E-state index in [0.29, 0.717) is 12.0 Å². The molecule has 3 nitrogen and oxygen atoms in total. The zero-order chi connectivity index (χ0) is 12.5. The summed E-state index contributed by atoms with van der Waals surface area (Å²) < 4.78 is 0. The van der Waals surface area contributed by atoms with Gasteiger partial charge in [-0.05, 0) is 51.1 Å². The second kappa shape index (κ2) is 5.25. The molecule has 3 heteroatoms. The van der Waals surface area contributed by atoms with Crippen molar-refractivity contribution in [1.82, 2.24) is 10.2 Å². The fourth-order valence-electron chi connectivity index (χ4n) is 3.52. The Morgan fingerprint density at radius 1 is 1.35 bits per heavy atom. The van der Waals surface area contributed by atoms with Crippen molar-refractivity contribution in [3.63, 3.8) is 0 Å². The van der Waals surface area contributed by atoms with Gasteiger partial charge >= 0.3 is 0 Å². The highest BCUT2D eigenvalue weighted by molar-refractivity contribution is 4.92. The quantitative estimate of drug-likeness (QED) is 0.764. The van der Waals surface area contributed by atoms with E-state index in [4.69, 9.17) is 0 Å². The van der Waals surface area contributed by atoms with E-state index in [2.05, 4.69) is 24.1 Å². The molecule has 2 saturated heterocycles. The average molecular weight is 240 g/mol. The second-order valence-corrected chi connectivity index (χ2v) is 6.72. The molecular weight excluding hydrogens is 212 g/mol. The fourth-order valence-corrected chi connectivity index (χ4v) is 3.52. The first kappa shape index (κ1) is 13.3. The zero-order valence-corrected chi connectivity index (χ0v) is 11.6. The summed E-state index contributed by atoms with van der Waals surface area (Å²) in [5, 5.41) is 13.9. The second-order valence-electron chi connectivity index (χ2n) is 6.72. The van der Waals surface area contributed by atoms with Gasteiger partial charge in [0.15, 0.2) is 0 Å². The van der Waals surface area contributed by atoms with Gasteiger partial charge in [0.2, 0.25) is 0 Å². The summed E-state index contributed by atoms with van der Waals surface area (Å²) in [7, 11) is 0. The van der Waals surface area contributed by atoms with Crippen LogP contribution in [0.15, 0.2) is 0 Å². The summed E-state index contributed by atoms with van der Waals surface area (Å²) in [6, 6.07) is 0.632. The Morgan fingerprint density at radius 2 is 2.06 bits per heavy atom. The van der Waals surface area contributed by atoms with Gasteiger partial charge in [0, 0.05) is 19.1 Å². The van der Waals surface area contributed by atoms with Gasteiger partial charge in [0.05, 0.1) is 5.60 Å². The SMILES string of the molecule is CC(C)CC(C)(O)CNC1CCN2CCC1C2. The topological polar surface area (TPSA) is 35.5 Å². The third-order valence-corrected chi connectivity index (χ3v) is 4.23. The van der Waals surface area contributed by atoms with E-state index < -0.39 is 5.60 Å². The maximum Gasteiger partial charge on any atom is 0.0746 e. The van der Waals surface area contributed by atoms with Crippen LogP contribution < -0.4 is 5.32 Å². The van der Waals surface area contributed by atoms with Gasteiger partial charge in [0.1, 0.15) is 0 Å². The van der Waals surface area contributed by atoms with Gasteiger partial charge in [-0.15, -0.1) is 0 Å². The number of aliphatic hydroxyl groups is 1. The molecule has 0 aliphatic carbocycles. The van der Waals surface area contributed by atoms with Gasteiger partial charge in [-0.25, -0.2) is 0 Å². The van der Waals surface area contributed by atoms with Gasteiger partial charge in [-0.2, -0.15) is 0 Å². The highest BCUT2D eigenvalue weighted by Gasteiger charge is 2.35. The molecule has 2 aliphatic heterocycles. The Kier molecular flexibility index (Phi) is 4.11. The van der Waals surface area contributed by atoms with Crippen LogP contribution in [0.2, 0.25) is 0 Å². The van der Waals surface area contributed by atoms with E-state index >= 15 is 0 Å². The lowest BCUT2D eigenvalue weighted by Gasteiger charge is -2.34. The highest BCUT2D eigenvalue weighted by Crippen LogP contribution is 2.27. The predicted octanol–water partition coefficient (Wildman–Crippen LogP) is 1.47. The first-order valence-electron chi connectivity index (χ1n) is 7.14. The van der Waals surface area contributed by atoms with Crippen molar-refractivity contribution in [3.05, 3.63) is 0 Å². The van der Waals surface area contributed by atoms with Crippen LogP contribution in [0.5, 0.6) is 0 Å². The molecule has 0 radical (unpaired) electrons. The number of nitrogens with zero attached hydrogens (tertiary/aromatic N) is 1. The van der Waals surface area contributed by atoms with Crippen molar-refractivity contribution in [2.24, 2.45) is 11.8 Å². The molecule has 2 heterocycles. The van der Waals surface area contributed by atoms with E-state index in [1.807, 2.05) is 6.92 Å². The lowest BCUT2D eigenvalue weighted by Crippen LogP contribution is -2.49. The molecule has 2 rings (SSSR count). The highest BCUT2D eigenvalue weighted by atomic mass is 16.3. The van der Waals surface area contributed by atoms with Gasteiger partial charge in [0.25, 0.3) is 0 Å². The van der Waals surface area contributed by atoms with Crippen LogP contribution in [0, 0.1) is 11.8 Å². The summed E-state index contributed by atoms with van der Waals surface area (Å²) in [5.41, 5.74) is -0.552. The fraction of sp³-hybridized carbons (Fsp3) is 1.00. The smallest absolute Gasteiger partial charge is 0.0746 e. The molecule has 0 aromatic carbocycles. The molecule has 4 unspecified atom stereocenters. The predicted molar refractivity (Wildman–Crippen MR) is 71.0 cm³/mol. The minimum absolute atomic E-state index is 0.552. The van der Waals surface area contributed by atoms with E-state index in [0.717, 1.165) is 18.9 Å². The van der Waals surface area contributed by atoms with E-state index in [9.17, 15) is 5.11 Å². The van der Waals surface area contributed by atoms with Crippen LogP contribution in [0.4, 0.5) is 0 Å². The van der Waals surface area contributed by atoms with Crippen molar-refractivity contribution >= 4 is 0 Å². The Hall–Kier alpha value is -0.120. The zero-order valence-electron chi connectivity index (χ0n) is 11.6. The Bertz CT molecular complexity index is 253. The van der Waals surface area contributed by atoms with Crippen molar-refractivity contribution < 1.29 is 5.11 Å². The minimum Gasteiger partial charge on any atom is -0.389 e. The number of hydrogen-bond donors (Lipinski definition) is 2. The van der Waals surface area contributed by atoms with Crippen LogP contribution in [0.3, 0.4) is 0 Å². The third-order valence-electron chi connectivity index (χ3n) is 4.23. The average Bonchev–Trinajstić information content (AvgIpc) is 2.58. The van der Waals surface area contributed by atoms with Crippen LogP contribution in [0.1, 0.15) is 40.0 Å². The first-order valence-corrected chi connectivity index (χ1v) is 7.14. The molecule has 2 bridgehead atoms. The third kappa shape index (κ3) is 3.67. The van der Waals surface area contributed by atoms with E-state index in [1.54, 1.807) is 0 Å². The van der Waals surface area contributed by atoms with Crippen LogP contribution in [-0.2, 0) is 0 Å². The Labute approximate surface area is 106 Å². The maximum absolute atomic E-state index is 10.3. The van der Waals surface area contributed by atoms with Crippen LogP contribution in [0.25, 0.3) is 0 Å². The monoisotopic (exact) mass is 240 g/mol. The molecule has 0 aromatic heterocycles. The normalized spacial score (nSPS) is 36.2. The summed E-state index contributed by atoms with van der Waals surface area (Å²) >= 11 is 0. The lowest BCUT2D eigenvalue weighted by molar-refractivity contribution is 0.0320. The molecule has 0 spiro atoms. The van der Waals surface area contributed by atoms with Crippen molar-refractivity contribution in [1.29, 1.82) is 0 Å². The van der Waals surface area contributed by atoms with Crippen molar-refractivity contribution in [2.45, 2.75) is 51.7 Å². The number of nitrogens with one attached hydrogen (secondary N) is 1. The standard InChI is InChI=1S/C14H28N2O/c1-11(2)8-14(3,17)10-15-13-5-7-16-6-4-12(13)9-16/h11-13,15,17H,4-10H2,1-3H3. The number of hydrogen-bond acceptors (Lipinski definition) is 3. The van der Waals surface area contributed by atoms with Crippen LogP contribution in [-0.4, -0.2) is 47.8 Å². The molecular formula is C14H28N2O. The summed E-state index contributed by atoms with van der Waals surface area (Å²) in [6.07, 6.45) is 3.47. The summed E-state index contributed by atoms with van der Waals surface area (Å²) in [4.78, 5) is 2.56. The number of piperidine rings is 1. The van der Waals surface area contributed by atoms with Crippen molar-refractivity contribution in [2.75, 3.05) is 26.2 Å². The van der Waals surface area contributed by atoms with E-state index in [1.165, 1.54) is 32.5 Å². The van der Waals surface area contributed by atoms with Gasteiger partial charge < -0.3 is 15.3 Å². The number of rotatable bonds is 5.